The third-order valence-corrected chi connectivity index (χ3v) is 6.26. The van der Waals surface area contributed by atoms with Gasteiger partial charge >= 0.3 is 12.6 Å². The third kappa shape index (κ3) is 4.26. The molecule has 0 radical (unpaired) electrons. The number of benzene rings is 1. The summed E-state index contributed by atoms with van der Waals surface area (Å²) >= 11 is 1.18. The highest BCUT2D eigenvalue weighted by Crippen LogP contribution is 2.35. The fourth-order valence-corrected chi connectivity index (χ4v) is 4.32. The number of rotatable bonds is 5. The molecule has 1 aliphatic heterocycles. The monoisotopic (exact) mass is 462 g/mol. The quantitative estimate of drug-likeness (QED) is 0.535. The Morgan fingerprint density at radius 3 is 2.56 bits per heavy atom. The fraction of sp³-hybridized carbons (Fsp3) is 0.300. The van der Waals surface area contributed by atoms with Gasteiger partial charge in [-0.05, 0) is 43.7 Å². The number of nitrogens with two attached hydrogens (primary N) is 1. The summed E-state index contributed by atoms with van der Waals surface area (Å²) in [5, 5.41) is 14.5. The number of hydrogen-bond donors (Lipinski definition) is 3. The number of aromatic nitrogens is 2. The second-order valence-electron chi connectivity index (χ2n) is 7.34. The number of thiophene rings is 1. The van der Waals surface area contributed by atoms with E-state index in [2.05, 4.69) is 25.6 Å². The third-order valence-electron chi connectivity index (χ3n) is 5.18. The van der Waals surface area contributed by atoms with Crippen molar-refractivity contribution in [3.63, 3.8) is 0 Å². The van der Waals surface area contributed by atoms with Crippen molar-refractivity contribution >= 4 is 44.9 Å². The second-order valence-corrected chi connectivity index (χ2v) is 8.34. The molecule has 1 aromatic carbocycles. The van der Waals surface area contributed by atoms with E-state index in [1.54, 1.807) is 0 Å². The smallest absolute Gasteiger partial charge is 0.387 e. The average Bonchev–Trinajstić information content (AvgIpc) is 3.05. The van der Waals surface area contributed by atoms with Gasteiger partial charge in [-0.3, -0.25) is 4.79 Å². The van der Waals surface area contributed by atoms with Crippen LogP contribution in [0.4, 0.5) is 25.0 Å². The summed E-state index contributed by atoms with van der Waals surface area (Å²) in [6.45, 7) is 1.46. The van der Waals surface area contributed by atoms with Gasteiger partial charge in [0, 0.05) is 24.2 Å². The highest BCUT2D eigenvalue weighted by atomic mass is 32.1. The molecule has 3 heterocycles. The van der Waals surface area contributed by atoms with Crippen LogP contribution in [-0.4, -0.2) is 52.8 Å². The molecule has 32 heavy (non-hydrogen) atoms. The van der Waals surface area contributed by atoms with E-state index in [0.29, 0.717) is 34.2 Å². The molecular weight excluding hydrogens is 442 g/mol. The highest BCUT2D eigenvalue weighted by molar-refractivity contribution is 7.21. The van der Waals surface area contributed by atoms with Crippen LogP contribution in [0.3, 0.4) is 0 Å². The van der Waals surface area contributed by atoms with Crippen LogP contribution in [0, 0.1) is 13.8 Å². The number of anilines is 2. The van der Waals surface area contributed by atoms with Crippen LogP contribution in [-0.2, 0) is 0 Å². The number of fused-ring (bicyclic) bond motifs is 1. The van der Waals surface area contributed by atoms with Crippen molar-refractivity contribution in [3.05, 3.63) is 40.4 Å². The molecule has 9 nitrogen and oxygen atoms in total. The van der Waals surface area contributed by atoms with Crippen molar-refractivity contribution in [1.82, 2.24) is 20.4 Å². The number of likely N-dealkylation sites (tertiary alicyclic amines) is 1. The average molecular weight is 462 g/mol. The van der Waals surface area contributed by atoms with Crippen LogP contribution < -0.4 is 21.1 Å². The highest BCUT2D eigenvalue weighted by Gasteiger charge is 2.33. The molecule has 1 saturated heterocycles. The summed E-state index contributed by atoms with van der Waals surface area (Å²) in [5.74, 6) is -0.316. The molecule has 4 rings (SSSR count). The Bertz CT molecular complexity index is 1180. The van der Waals surface area contributed by atoms with E-state index in [1.165, 1.54) is 40.5 Å². The maximum atomic E-state index is 12.7. The summed E-state index contributed by atoms with van der Waals surface area (Å²) in [5.41, 5.74) is 8.67. The molecule has 3 aromatic rings. The first kappa shape index (κ1) is 21.7. The van der Waals surface area contributed by atoms with Gasteiger partial charge in [0.15, 0.2) is 0 Å². The lowest BCUT2D eigenvalue weighted by molar-refractivity contribution is -0.0498. The lowest BCUT2D eigenvalue weighted by Crippen LogP contribution is -2.61. The summed E-state index contributed by atoms with van der Waals surface area (Å²) in [6.07, 6.45) is 0. The number of nitrogens with one attached hydrogen (secondary N) is 2. The number of alkyl halides is 2. The first-order valence-electron chi connectivity index (χ1n) is 9.66. The van der Waals surface area contributed by atoms with Crippen LogP contribution in [0.1, 0.15) is 20.9 Å². The van der Waals surface area contributed by atoms with Gasteiger partial charge in [0.05, 0.1) is 17.4 Å². The number of nitrogen functional groups attached to an aromatic ring is 1. The number of halogens is 2. The van der Waals surface area contributed by atoms with Crippen LogP contribution in [0.2, 0.25) is 0 Å². The molecule has 168 valence electrons. The van der Waals surface area contributed by atoms with Crippen LogP contribution >= 0.6 is 11.3 Å². The Balaban J connectivity index is 1.32. The molecule has 1 fully saturated rings. The minimum Gasteiger partial charge on any atom is -0.435 e. The number of amides is 3. The Kier molecular flexibility index (Phi) is 5.78. The molecule has 0 saturated carbocycles. The zero-order chi connectivity index (χ0) is 23.0. The Labute approximate surface area is 185 Å². The minimum atomic E-state index is -2.91. The van der Waals surface area contributed by atoms with E-state index in [9.17, 15) is 18.4 Å². The summed E-state index contributed by atoms with van der Waals surface area (Å²) in [4.78, 5) is 27.5. The van der Waals surface area contributed by atoms with Crippen molar-refractivity contribution < 1.29 is 23.1 Å². The van der Waals surface area contributed by atoms with Gasteiger partial charge in [-0.15, -0.1) is 16.4 Å². The Morgan fingerprint density at radius 1 is 1.22 bits per heavy atom. The van der Waals surface area contributed by atoms with Gasteiger partial charge in [0.2, 0.25) is 0 Å². The Hall–Kier alpha value is -3.54. The summed E-state index contributed by atoms with van der Waals surface area (Å²) in [6, 6.07) is 5.03. The van der Waals surface area contributed by atoms with Crippen molar-refractivity contribution in [1.29, 1.82) is 0 Å². The number of urea groups is 1. The van der Waals surface area contributed by atoms with Gasteiger partial charge in [0.25, 0.3) is 5.91 Å². The summed E-state index contributed by atoms with van der Waals surface area (Å²) in [7, 11) is 0. The molecule has 4 N–H and O–H groups in total. The molecule has 3 amide bonds. The standard InChI is InChI=1S/C20H20F2N6O3S/c1-9-10(2)26-27-18-14(9)15(23)16(32-18)17(29)24-12-7-28(8-12)20(30)25-11-3-5-13(6-4-11)31-19(21)22/h3-6,12,19H,7-8,23H2,1-2H3,(H,24,29)(H,25,30). The molecule has 1 aliphatic rings. The molecule has 0 spiro atoms. The number of hydrogen-bond acceptors (Lipinski definition) is 7. The lowest BCUT2D eigenvalue weighted by Gasteiger charge is -2.39. The first-order valence-corrected chi connectivity index (χ1v) is 10.5. The largest absolute Gasteiger partial charge is 0.435 e. The molecule has 0 atom stereocenters. The van der Waals surface area contributed by atoms with E-state index in [0.717, 1.165) is 16.6 Å². The number of carbonyl (C=O) groups is 2. The molecule has 0 bridgehead atoms. The van der Waals surface area contributed by atoms with Crippen LogP contribution in [0.15, 0.2) is 24.3 Å². The molecule has 12 heteroatoms. The maximum absolute atomic E-state index is 12.7. The van der Waals surface area contributed by atoms with Crippen molar-refractivity contribution in [3.8, 4) is 5.75 Å². The fourth-order valence-electron chi connectivity index (χ4n) is 3.32. The summed E-state index contributed by atoms with van der Waals surface area (Å²) < 4.78 is 28.7. The predicted molar refractivity (Wildman–Crippen MR) is 116 cm³/mol. The predicted octanol–water partition coefficient (Wildman–Crippen LogP) is 3.14. The topological polar surface area (TPSA) is 122 Å². The Morgan fingerprint density at radius 2 is 1.91 bits per heavy atom. The van der Waals surface area contributed by atoms with Gasteiger partial charge in [0.1, 0.15) is 15.5 Å². The maximum Gasteiger partial charge on any atom is 0.387 e. The minimum absolute atomic E-state index is 0.00146. The molecule has 0 aliphatic carbocycles. The van der Waals surface area contributed by atoms with E-state index >= 15 is 0 Å². The number of carbonyl (C=O) groups excluding carboxylic acids is 2. The number of aryl methyl sites for hydroxylation is 2. The van der Waals surface area contributed by atoms with Gasteiger partial charge < -0.3 is 26.0 Å². The van der Waals surface area contributed by atoms with Gasteiger partial charge in [-0.1, -0.05) is 0 Å². The zero-order valence-corrected chi connectivity index (χ0v) is 18.0. The van der Waals surface area contributed by atoms with Gasteiger partial charge in [-0.2, -0.15) is 13.9 Å². The second kappa shape index (κ2) is 8.54. The first-order chi connectivity index (χ1) is 15.2. The lowest BCUT2D eigenvalue weighted by atomic mass is 10.1. The van der Waals surface area contributed by atoms with E-state index in [-0.39, 0.29) is 23.7 Å². The molecular formula is C20H20F2N6O3S. The van der Waals surface area contributed by atoms with Crippen molar-refractivity contribution in [2.75, 3.05) is 24.1 Å². The van der Waals surface area contributed by atoms with E-state index < -0.39 is 6.61 Å². The van der Waals surface area contributed by atoms with E-state index in [1.807, 2.05) is 13.8 Å². The van der Waals surface area contributed by atoms with Crippen LogP contribution in [0.25, 0.3) is 10.2 Å². The van der Waals surface area contributed by atoms with Crippen LogP contribution in [0.5, 0.6) is 5.75 Å². The molecule has 0 unspecified atom stereocenters. The van der Waals surface area contributed by atoms with E-state index in [4.69, 9.17) is 5.73 Å². The normalized spacial score (nSPS) is 13.8. The van der Waals surface area contributed by atoms with Crippen molar-refractivity contribution in [2.24, 2.45) is 0 Å². The SMILES string of the molecule is Cc1nnc2sc(C(=O)NC3CN(C(=O)Nc4ccc(OC(F)F)cc4)C3)c(N)c2c1C. The zero-order valence-electron chi connectivity index (χ0n) is 17.2. The van der Waals surface area contributed by atoms with Gasteiger partial charge in [-0.25, -0.2) is 4.79 Å². The number of nitrogens with zero attached hydrogens (tertiary/aromatic N) is 3. The van der Waals surface area contributed by atoms with Crippen molar-refractivity contribution in [2.45, 2.75) is 26.5 Å². The molecule has 2 aromatic heterocycles. The number of ether oxygens (including phenoxy) is 1.